The molecule has 0 aliphatic rings. The first kappa shape index (κ1) is 12.3. The van der Waals surface area contributed by atoms with Crippen LogP contribution in [-0.2, 0) is 0 Å². The Labute approximate surface area is 109 Å². The molecule has 0 atom stereocenters. The van der Waals surface area contributed by atoms with Gasteiger partial charge in [-0.3, -0.25) is 0 Å². The highest BCUT2D eigenvalue weighted by molar-refractivity contribution is 7.80. The van der Waals surface area contributed by atoms with Crippen molar-refractivity contribution in [1.82, 2.24) is 0 Å². The Morgan fingerprint density at radius 2 is 1.41 bits per heavy atom. The second kappa shape index (κ2) is 4.58. The summed E-state index contributed by atoms with van der Waals surface area (Å²) in [6.07, 6.45) is 0. The zero-order chi connectivity index (χ0) is 12.6. The van der Waals surface area contributed by atoms with Gasteiger partial charge in [0.2, 0.25) is 0 Å². The first-order valence-corrected chi connectivity index (χ1v) is 6.32. The van der Waals surface area contributed by atoms with Gasteiger partial charge in [0, 0.05) is 4.90 Å². The van der Waals surface area contributed by atoms with E-state index < -0.39 is 0 Å². The van der Waals surface area contributed by atoms with E-state index in [1.807, 2.05) is 0 Å². The Hall–Kier alpha value is -1.21. The maximum absolute atomic E-state index is 4.59. The lowest BCUT2D eigenvalue weighted by molar-refractivity contribution is 1.27. The standard InChI is InChI=1S/C16H18S/c1-10-5-7-14(9-12(10)3)16-13(4)11(2)6-8-15(16)17/h5-9,17H,1-4H3. The van der Waals surface area contributed by atoms with Crippen LogP contribution in [0.1, 0.15) is 22.3 Å². The van der Waals surface area contributed by atoms with Crippen LogP contribution < -0.4 is 0 Å². The predicted molar refractivity (Wildman–Crippen MR) is 78.1 cm³/mol. The number of benzene rings is 2. The molecule has 0 saturated carbocycles. The van der Waals surface area contributed by atoms with Crippen molar-refractivity contribution < 1.29 is 0 Å². The quantitative estimate of drug-likeness (QED) is 0.677. The lowest BCUT2D eigenvalue weighted by atomic mass is 9.95. The fraction of sp³-hybridized carbons (Fsp3) is 0.250. The van der Waals surface area contributed by atoms with Crippen molar-refractivity contribution >= 4 is 12.6 Å². The molecule has 0 nitrogen and oxygen atoms in total. The lowest BCUT2D eigenvalue weighted by Crippen LogP contribution is -1.91. The van der Waals surface area contributed by atoms with Gasteiger partial charge in [-0.05, 0) is 67.1 Å². The first-order chi connectivity index (χ1) is 8.00. The van der Waals surface area contributed by atoms with Crippen LogP contribution in [-0.4, -0.2) is 0 Å². The summed E-state index contributed by atoms with van der Waals surface area (Å²) in [5, 5.41) is 0. The van der Waals surface area contributed by atoms with Gasteiger partial charge in [0.05, 0.1) is 0 Å². The van der Waals surface area contributed by atoms with Crippen molar-refractivity contribution in [3.8, 4) is 11.1 Å². The molecular formula is C16H18S. The van der Waals surface area contributed by atoms with E-state index in [-0.39, 0.29) is 0 Å². The van der Waals surface area contributed by atoms with Gasteiger partial charge in [0.15, 0.2) is 0 Å². The molecule has 0 heterocycles. The van der Waals surface area contributed by atoms with Crippen LogP contribution >= 0.6 is 12.6 Å². The molecule has 0 N–H and O–H groups in total. The SMILES string of the molecule is Cc1ccc(-c2c(S)ccc(C)c2C)cc1C. The Morgan fingerprint density at radius 1 is 0.765 bits per heavy atom. The van der Waals surface area contributed by atoms with Gasteiger partial charge in [-0.2, -0.15) is 0 Å². The van der Waals surface area contributed by atoms with Gasteiger partial charge >= 0.3 is 0 Å². The minimum Gasteiger partial charge on any atom is -0.143 e. The molecule has 2 aromatic rings. The van der Waals surface area contributed by atoms with Crippen molar-refractivity contribution in [3.63, 3.8) is 0 Å². The van der Waals surface area contributed by atoms with Crippen LogP contribution in [0.4, 0.5) is 0 Å². The molecule has 0 radical (unpaired) electrons. The summed E-state index contributed by atoms with van der Waals surface area (Å²) >= 11 is 4.59. The van der Waals surface area contributed by atoms with Crippen LogP contribution in [0.5, 0.6) is 0 Å². The zero-order valence-corrected chi connectivity index (χ0v) is 11.7. The summed E-state index contributed by atoms with van der Waals surface area (Å²) in [5.41, 5.74) is 7.82. The van der Waals surface area contributed by atoms with E-state index in [0.717, 1.165) is 4.90 Å². The number of hydrogen-bond acceptors (Lipinski definition) is 1. The summed E-state index contributed by atoms with van der Waals surface area (Å²) in [6, 6.07) is 10.8. The lowest BCUT2D eigenvalue weighted by Gasteiger charge is -2.13. The summed E-state index contributed by atoms with van der Waals surface area (Å²) in [4.78, 5) is 1.05. The fourth-order valence-electron chi connectivity index (χ4n) is 2.06. The molecular weight excluding hydrogens is 224 g/mol. The highest BCUT2D eigenvalue weighted by Crippen LogP contribution is 2.32. The van der Waals surface area contributed by atoms with Crippen molar-refractivity contribution in [2.24, 2.45) is 0 Å². The minimum absolute atomic E-state index is 1.05. The molecule has 0 saturated heterocycles. The average molecular weight is 242 g/mol. The van der Waals surface area contributed by atoms with E-state index in [2.05, 4.69) is 70.7 Å². The molecule has 0 aliphatic carbocycles. The smallest absolute Gasteiger partial charge is 0.0121 e. The Kier molecular flexibility index (Phi) is 3.30. The fourth-order valence-corrected chi connectivity index (χ4v) is 2.43. The maximum Gasteiger partial charge on any atom is 0.0121 e. The van der Waals surface area contributed by atoms with E-state index >= 15 is 0 Å². The molecule has 0 aliphatic heterocycles. The molecule has 0 unspecified atom stereocenters. The van der Waals surface area contributed by atoms with E-state index in [4.69, 9.17) is 0 Å². The van der Waals surface area contributed by atoms with Crippen LogP contribution in [0.2, 0.25) is 0 Å². The summed E-state index contributed by atoms with van der Waals surface area (Å²) in [7, 11) is 0. The number of rotatable bonds is 1. The van der Waals surface area contributed by atoms with E-state index in [1.54, 1.807) is 0 Å². The van der Waals surface area contributed by atoms with Crippen LogP contribution in [0.15, 0.2) is 35.2 Å². The van der Waals surface area contributed by atoms with Gasteiger partial charge in [-0.15, -0.1) is 12.6 Å². The van der Waals surface area contributed by atoms with Crippen molar-refractivity contribution in [3.05, 3.63) is 52.6 Å². The molecule has 17 heavy (non-hydrogen) atoms. The highest BCUT2D eigenvalue weighted by Gasteiger charge is 2.08. The molecule has 0 bridgehead atoms. The third-order valence-corrected chi connectivity index (χ3v) is 3.88. The Morgan fingerprint density at radius 3 is 2.06 bits per heavy atom. The van der Waals surface area contributed by atoms with E-state index in [9.17, 15) is 0 Å². The Balaban J connectivity index is 2.68. The highest BCUT2D eigenvalue weighted by atomic mass is 32.1. The molecule has 0 aromatic heterocycles. The topological polar surface area (TPSA) is 0 Å². The summed E-state index contributed by atoms with van der Waals surface area (Å²) in [6.45, 7) is 8.61. The second-order valence-electron chi connectivity index (χ2n) is 4.70. The second-order valence-corrected chi connectivity index (χ2v) is 5.18. The van der Waals surface area contributed by atoms with Crippen molar-refractivity contribution in [2.45, 2.75) is 32.6 Å². The average Bonchev–Trinajstić information content (AvgIpc) is 2.29. The molecule has 0 amide bonds. The van der Waals surface area contributed by atoms with Crippen LogP contribution in [0.25, 0.3) is 11.1 Å². The van der Waals surface area contributed by atoms with Crippen molar-refractivity contribution in [1.29, 1.82) is 0 Å². The van der Waals surface area contributed by atoms with Gasteiger partial charge in [-0.1, -0.05) is 24.3 Å². The van der Waals surface area contributed by atoms with E-state index in [1.165, 1.54) is 33.4 Å². The van der Waals surface area contributed by atoms with Gasteiger partial charge < -0.3 is 0 Å². The molecule has 1 heteroatoms. The van der Waals surface area contributed by atoms with Crippen molar-refractivity contribution in [2.75, 3.05) is 0 Å². The van der Waals surface area contributed by atoms with Gasteiger partial charge in [0.1, 0.15) is 0 Å². The third kappa shape index (κ3) is 2.25. The monoisotopic (exact) mass is 242 g/mol. The molecule has 88 valence electrons. The predicted octanol–water partition coefficient (Wildman–Crippen LogP) is 4.88. The Bertz CT molecular complexity index is 568. The molecule has 2 aromatic carbocycles. The largest absolute Gasteiger partial charge is 0.143 e. The van der Waals surface area contributed by atoms with E-state index in [0.29, 0.717) is 0 Å². The number of hydrogen-bond donors (Lipinski definition) is 1. The maximum atomic E-state index is 4.59. The van der Waals surface area contributed by atoms with Gasteiger partial charge in [0.25, 0.3) is 0 Å². The zero-order valence-electron chi connectivity index (χ0n) is 10.8. The molecule has 0 spiro atoms. The van der Waals surface area contributed by atoms with Crippen LogP contribution in [0.3, 0.4) is 0 Å². The summed E-state index contributed by atoms with van der Waals surface area (Å²) in [5.74, 6) is 0. The minimum atomic E-state index is 1.05. The number of thiol groups is 1. The third-order valence-electron chi connectivity index (χ3n) is 3.51. The first-order valence-electron chi connectivity index (χ1n) is 5.87. The van der Waals surface area contributed by atoms with Gasteiger partial charge in [-0.25, -0.2) is 0 Å². The normalized spacial score (nSPS) is 10.6. The number of aryl methyl sites for hydroxylation is 3. The van der Waals surface area contributed by atoms with Crippen LogP contribution in [0, 0.1) is 27.7 Å². The summed E-state index contributed by atoms with van der Waals surface area (Å²) < 4.78 is 0. The molecule has 0 fully saturated rings. The molecule has 2 rings (SSSR count).